The Balaban J connectivity index is 4.21. The van der Waals surface area contributed by atoms with E-state index in [9.17, 15) is 14.4 Å². The maximum absolute atomic E-state index is 12.9. The number of allylic oxidation sites excluding steroid dienone is 18. The second-order valence-electron chi connectivity index (χ2n) is 21.7. The zero-order valence-electron chi connectivity index (χ0n) is 51.2. The SMILES string of the molecule is CC/C=C\C/C=C\C/C=C\C/C=C\C/C=C\C/C=C\C/C=C\C/C=C\C/C=C\CCCCCC(=O)OCC(COC(=O)CCCCCCCCC)OC(=O)CCCCCCCCCCCCCCCCCCCCCCCC. The monoisotopic (exact) mass is 1080 g/mol. The maximum atomic E-state index is 12.9. The van der Waals surface area contributed by atoms with E-state index in [1.807, 2.05) is 0 Å². The molecule has 0 aliphatic carbocycles. The van der Waals surface area contributed by atoms with Gasteiger partial charge in [-0.15, -0.1) is 0 Å². The number of hydrogen-bond donors (Lipinski definition) is 0. The third kappa shape index (κ3) is 62.9. The molecule has 6 heteroatoms. The van der Waals surface area contributed by atoms with Gasteiger partial charge in [-0.2, -0.15) is 0 Å². The summed E-state index contributed by atoms with van der Waals surface area (Å²) in [6.45, 7) is 6.48. The first-order chi connectivity index (χ1) is 38.5. The van der Waals surface area contributed by atoms with Crippen LogP contribution in [0.15, 0.2) is 109 Å². The van der Waals surface area contributed by atoms with Crippen molar-refractivity contribution in [2.75, 3.05) is 13.2 Å². The second-order valence-corrected chi connectivity index (χ2v) is 21.7. The van der Waals surface area contributed by atoms with Gasteiger partial charge in [0.2, 0.25) is 0 Å². The van der Waals surface area contributed by atoms with Gasteiger partial charge in [0.15, 0.2) is 6.10 Å². The minimum atomic E-state index is -0.789. The summed E-state index contributed by atoms with van der Waals surface area (Å²) in [7, 11) is 0. The van der Waals surface area contributed by atoms with Crippen molar-refractivity contribution in [3.8, 4) is 0 Å². The molecule has 0 aromatic rings. The van der Waals surface area contributed by atoms with Crippen molar-refractivity contribution in [3.63, 3.8) is 0 Å². The minimum Gasteiger partial charge on any atom is -0.462 e. The Kier molecular flexibility index (Phi) is 62.3. The van der Waals surface area contributed by atoms with Crippen molar-refractivity contribution >= 4 is 17.9 Å². The molecule has 0 saturated heterocycles. The summed E-state index contributed by atoms with van der Waals surface area (Å²) in [4.78, 5) is 38.1. The predicted octanol–water partition coefficient (Wildman–Crippen LogP) is 22.6. The van der Waals surface area contributed by atoms with Crippen molar-refractivity contribution in [3.05, 3.63) is 109 Å². The molecule has 0 N–H and O–H groups in total. The van der Waals surface area contributed by atoms with Gasteiger partial charge >= 0.3 is 17.9 Å². The van der Waals surface area contributed by atoms with Crippen molar-refractivity contribution < 1.29 is 28.6 Å². The lowest BCUT2D eigenvalue weighted by atomic mass is 10.0. The number of unbranched alkanes of at least 4 members (excludes halogenated alkanes) is 30. The van der Waals surface area contributed by atoms with E-state index in [0.717, 1.165) is 122 Å². The quantitative estimate of drug-likeness (QED) is 0.0261. The maximum Gasteiger partial charge on any atom is 0.306 e. The Morgan fingerprint density at radius 1 is 0.269 bits per heavy atom. The summed E-state index contributed by atoms with van der Waals surface area (Å²) in [5, 5.41) is 0. The molecule has 0 aromatic carbocycles. The van der Waals surface area contributed by atoms with Gasteiger partial charge in [0.05, 0.1) is 0 Å². The molecule has 6 nitrogen and oxygen atoms in total. The molecule has 0 fully saturated rings. The molecule has 0 heterocycles. The van der Waals surface area contributed by atoms with Crippen LogP contribution in [0.1, 0.15) is 310 Å². The lowest BCUT2D eigenvalue weighted by Crippen LogP contribution is -2.30. The van der Waals surface area contributed by atoms with Crippen LogP contribution in [0, 0.1) is 0 Å². The molecule has 1 unspecified atom stereocenters. The van der Waals surface area contributed by atoms with Crippen molar-refractivity contribution in [1.29, 1.82) is 0 Å². The van der Waals surface area contributed by atoms with Crippen LogP contribution in [0.3, 0.4) is 0 Å². The smallest absolute Gasteiger partial charge is 0.306 e. The van der Waals surface area contributed by atoms with Gasteiger partial charge in [-0.05, 0) is 89.9 Å². The van der Waals surface area contributed by atoms with Gasteiger partial charge in [-0.25, -0.2) is 0 Å². The van der Waals surface area contributed by atoms with E-state index in [1.165, 1.54) is 148 Å². The van der Waals surface area contributed by atoms with Crippen LogP contribution in [0.25, 0.3) is 0 Å². The van der Waals surface area contributed by atoms with Crippen LogP contribution in [0.5, 0.6) is 0 Å². The third-order valence-electron chi connectivity index (χ3n) is 14.0. The van der Waals surface area contributed by atoms with Gasteiger partial charge in [0, 0.05) is 19.3 Å². The largest absolute Gasteiger partial charge is 0.462 e. The van der Waals surface area contributed by atoms with Crippen molar-refractivity contribution in [2.24, 2.45) is 0 Å². The summed E-state index contributed by atoms with van der Waals surface area (Å²) in [6, 6.07) is 0. The molecule has 0 amide bonds. The molecular formula is C72H122O6. The van der Waals surface area contributed by atoms with E-state index >= 15 is 0 Å². The number of carbonyl (C=O) groups excluding carboxylic acids is 3. The van der Waals surface area contributed by atoms with Crippen LogP contribution in [-0.2, 0) is 28.6 Å². The van der Waals surface area contributed by atoms with E-state index in [-0.39, 0.29) is 31.1 Å². The number of ether oxygens (including phenoxy) is 3. The van der Waals surface area contributed by atoms with Crippen molar-refractivity contribution in [2.45, 2.75) is 316 Å². The van der Waals surface area contributed by atoms with E-state index in [1.54, 1.807) is 0 Å². The molecule has 0 rings (SSSR count). The van der Waals surface area contributed by atoms with Gasteiger partial charge in [-0.1, -0.05) is 310 Å². The molecule has 1 atom stereocenters. The molecule has 0 spiro atoms. The molecule has 0 aliphatic rings. The molecular weight excluding hydrogens is 961 g/mol. The molecule has 446 valence electrons. The van der Waals surface area contributed by atoms with Crippen LogP contribution in [0.4, 0.5) is 0 Å². The van der Waals surface area contributed by atoms with Crippen LogP contribution in [0.2, 0.25) is 0 Å². The van der Waals surface area contributed by atoms with E-state index in [2.05, 4.69) is 130 Å². The fourth-order valence-corrected chi connectivity index (χ4v) is 9.14. The first-order valence-electron chi connectivity index (χ1n) is 32.9. The second kappa shape index (κ2) is 65.6. The van der Waals surface area contributed by atoms with Gasteiger partial charge < -0.3 is 14.2 Å². The Labute approximate surface area is 482 Å². The topological polar surface area (TPSA) is 78.9 Å². The lowest BCUT2D eigenvalue weighted by molar-refractivity contribution is -0.167. The number of esters is 3. The predicted molar refractivity (Wildman–Crippen MR) is 339 cm³/mol. The standard InChI is InChI=1S/C72H122O6/c1-4-7-10-13-16-18-20-22-24-26-28-30-32-33-34-35-36-37-38-39-40-42-43-45-47-49-51-53-56-59-62-65-71(74)77-68-69(67-76-70(73)64-61-58-55-15-12-9-6-3)78-72(75)66-63-60-57-54-52-50-48-46-44-41-31-29-27-25-23-21-19-17-14-11-8-5-2/h7,10,16,18,22,24,28,30,33-34,36-37,39-40,43,45,49,51,69H,4-6,8-9,11-15,17,19-21,23,25-27,29,31-32,35,38,41-42,44,46-48,50,52-68H2,1-3H3/b10-7-,18-16-,24-22-,30-28-,34-33-,37-36-,40-39-,45-43-,51-49-. The lowest BCUT2D eigenvalue weighted by Gasteiger charge is -2.18. The highest BCUT2D eigenvalue weighted by molar-refractivity contribution is 5.71. The average Bonchev–Trinajstić information content (AvgIpc) is 3.44. The molecule has 0 aliphatic heterocycles. The number of carbonyl (C=O) groups is 3. The average molecular weight is 1080 g/mol. The van der Waals surface area contributed by atoms with Crippen molar-refractivity contribution in [1.82, 2.24) is 0 Å². The zero-order valence-corrected chi connectivity index (χ0v) is 51.2. The summed E-state index contributed by atoms with van der Waals surface area (Å²) in [6.07, 6.45) is 89.9. The van der Waals surface area contributed by atoms with Crippen LogP contribution < -0.4 is 0 Å². The highest BCUT2D eigenvalue weighted by Crippen LogP contribution is 2.17. The molecule has 0 bridgehead atoms. The molecule has 0 aromatic heterocycles. The highest BCUT2D eigenvalue weighted by Gasteiger charge is 2.19. The first-order valence-corrected chi connectivity index (χ1v) is 32.9. The third-order valence-corrected chi connectivity index (χ3v) is 14.0. The zero-order chi connectivity index (χ0) is 56.4. The van der Waals surface area contributed by atoms with Crippen LogP contribution >= 0.6 is 0 Å². The fraction of sp³-hybridized carbons (Fsp3) is 0.708. The van der Waals surface area contributed by atoms with E-state index in [0.29, 0.717) is 19.3 Å². The summed E-state index contributed by atoms with van der Waals surface area (Å²) >= 11 is 0. The van der Waals surface area contributed by atoms with E-state index in [4.69, 9.17) is 14.2 Å². The molecule has 0 radical (unpaired) electrons. The molecule has 0 saturated carbocycles. The fourth-order valence-electron chi connectivity index (χ4n) is 9.14. The number of rotatable bonds is 59. The summed E-state index contributed by atoms with van der Waals surface area (Å²) in [5.41, 5.74) is 0. The Morgan fingerprint density at radius 3 is 0.782 bits per heavy atom. The Morgan fingerprint density at radius 2 is 0.500 bits per heavy atom. The summed E-state index contributed by atoms with van der Waals surface area (Å²) in [5.74, 6) is -0.918. The first kappa shape index (κ1) is 74.1. The van der Waals surface area contributed by atoms with Gasteiger partial charge in [0.25, 0.3) is 0 Å². The summed E-state index contributed by atoms with van der Waals surface area (Å²) < 4.78 is 16.8. The minimum absolute atomic E-state index is 0.0863. The molecule has 78 heavy (non-hydrogen) atoms. The highest BCUT2D eigenvalue weighted by atomic mass is 16.6. The van der Waals surface area contributed by atoms with Crippen LogP contribution in [-0.4, -0.2) is 37.2 Å². The van der Waals surface area contributed by atoms with Gasteiger partial charge in [-0.3, -0.25) is 14.4 Å². The normalized spacial score (nSPS) is 12.8. The number of hydrogen-bond acceptors (Lipinski definition) is 6. The Bertz CT molecular complexity index is 1570. The Hall–Kier alpha value is -3.93. The van der Waals surface area contributed by atoms with Gasteiger partial charge in [0.1, 0.15) is 13.2 Å². The van der Waals surface area contributed by atoms with E-state index < -0.39 is 6.10 Å².